The van der Waals surface area contributed by atoms with Gasteiger partial charge in [-0.15, -0.1) is 0 Å². The predicted octanol–water partition coefficient (Wildman–Crippen LogP) is 5.62. The molecule has 0 unspecified atom stereocenters. The Morgan fingerprint density at radius 2 is 1.62 bits per heavy atom. The number of rotatable bonds is 12. The zero-order valence-corrected chi connectivity index (χ0v) is 17.6. The molecule has 0 aromatic rings. The fourth-order valence-corrected chi connectivity index (χ4v) is 3.29. The van der Waals surface area contributed by atoms with E-state index in [0.29, 0.717) is 30.1 Å². The van der Waals surface area contributed by atoms with Crippen molar-refractivity contribution < 1.29 is 12.5 Å². The summed E-state index contributed by atoms with van der Waals surface area (Å²) < 4.78 is 16.3. The highest BCUT2D eigenvalue weighted by molar-refractivity contribution is 14.1. The Labute approximate surface area is 160 Å². The summed E-state index contributed by atoms with van der Waals surface area (Å²) >= 11 is 1.94. The zero-order chi connectivity index (χ0) is 18.8. The monoisotopic (exact) mass is 447 g/mol. The first kappa shape index (κ1) is 22.9. The third-order valence-electron chi connectivity index (χ3n) is 3.30. The van der Waals surface area contributed by atoms with Crippen LogP contribution in [0.5, 0.6) is 0 Å². The number of hydrogen-bond donors (Lipinski definition) is 1. The Morgan fingerprint density at radius 1 is 1.04 bits per heavy atom. The van der Waals surface area contributed by atoms with E-state index in [2.05, 4.69) is 40.9 Å². The normalized spacial score (nSPS) is 13.0. The van der Waals surface area contributed by atoms with Crippen LogP contribution in [0.4, 0.5) is 0 Å². The topological polar surface area (TPSA) is 51.5 Å². The molecule has 0 aliphatic heterocycles. The lowest BCUT2D eigenvalue weighted by atomic mass is 9.76. The molecule has 0 saturated heterocycles. The average Bonchev–Trinajstić information content (AvgIpc) is 2.47. The average molecular weight is 447 g/mol. The van der Waals surface area contributed by atoms with Crippen LogP contribution in [0.1, 0.15) is 34.1 Å². The fourth-order valence-electron chi connectivity index (χ4n) is 2.44. The van der Waals surface area contributed by atoms with Gasteiger partial charge in [0.2, 0.25) is 0 Å². The molecule has 0 atom stereocenters. The van der Waals surface area contributed by atoms with Crippen LogP contribution in [0.2, 0.25) is 0 Å². The van der Waals surface area contributed by atoms with Crippen LogP contribution in [-0.4, -0.2) is 26.5 Å². The van der Waals surface area contributed by atoms with Crippen LogP contribution in [0.3, 0.4) is 0 Å². The summed E-state index contributed by atoms with van der Waals surface area (Å²) in [7, 11) is 1.58. The van der Waals surface area contributed by atoms with Gasteiger partial charge in [-0.25, -0.2) is 0 Å². The molecule has 0 saturated carbocycles. The standard InChI is InChI=1S/C19H30INO3/c1-15(16(2)10-21)8-9-17(11-22-7)23-13-18(3,4)12-19(5,6)14-24-20/h8-11,21H,1-2,12-14H2,3-7H3/b9-8-,17-11-,21-10?. The van der Waals surface area contributed by atoms with E-state index in [9.17, 15) is 0 Å². The van der Waals surface area contributed by atoms with Crippen molar-refractivity contribution in [2.75, 3.05) is 20.3 Å². The Hall–Kier alpha value is -1.08. The summed E-state index contributed by atoms with van der Waals surface area (Å²) in [5.41, 5.74) is 1.28. The van der Waals surface area contributed by atoms with E-state index in [1.54, 1.807) is 25.5 Å². The van der Waals surface area contributed by atoms with Crippen molar-refractivity contribution in [3.05, 3.63) is 48.5 Å². The van der Waals surface area contributed by atoms with Gasteiger partial charge in [-0.05, 0) is 34.5 Å². The van der Waals surface area contributed by atoms with Gasteiger partial charge < -0.3 is 17.9 Å². The van der Waals surface area contributed by atoms with Gasteiger partial charge in [-0.3, -0.25) is 0 Å². The van der Waals surface area contributed by atoms with Gasteiger partial charge in [0.1, 0.15) is 29.3 Å². The molecule has 0 fully saturated rings. The largest absolute Gasteiger partial charge is 0.501 e. The Kier molecular flexibility index (Phi) is 10.2. The summed E-state index contributed by atoms with van der Waals surface area (Å²) in [5, 5.41) is 7.19. The molecule has 0 bridgehead atoms. The molecule has 0 aliphatic carbocycles. The summed E-state index contributed by atoms with van der Waals surface area (Å²) in [5.74, 6) is 0.604. The molecule has 0 amide bonds. The summed E-state index contributed by atoms with van der Waals surface area (Å²) in [6.45, 7) is 17.6. The number of halogens is 1. The van der Waals surface area contributed by atoms with Crippen LogP contribution in [0.25, 0.3) is 0 Å². The first-order valence-electron chi connectivity index (χ1n) is 7.73. The van der Waals surface area contributed by atoms with Gasteiger partial charge in [0, 0.05) is 6.21 Å². The lowest BCUT2D eigenvalue weighted by Gasteiger charge is -2.34. The van der Waals surface area contributed by atoms with E-state index in [1.807, 2.05) is 23.0 Å². The lowest BCUT2D eigenvalue weighted by Crippen LogP contribution is -2.29. The molecule has 0 aliphatic rings. The number of allylic oxidation sites excluding steroid dienone is 4. The van der Waals surface area contributed by atoms with Crippen molar-refractivity contribution in [1.29, 1.82) is 5.41 Å². The predicted molar refractivity (Wildman–Crippen MR) is 109 cm³/mol. The molecule has 0 rings (SSSR count). The molecule has 0 spiro atoms. The van der Waals surface area contributed by atoms with E-state index in [-0.39, 0.29) is 10.8 Å². The summed E-state index contributed by atoms with van der Waals surface area (Å²) in [6, 6.07) is 0. The minimum atomic E-state index is -0.0189. The minimum Gasteiger partial charge on any atom is -0.501 e. The molecule has 0 radical (unpaired) electrons. The van der Waals surface area contributed by atoms with E-state index in [4.69, 9.17) is 17.9 Å². The number of nitrogens with one attached hydrogen (secondary N) is 1. The molecule has 0 heterocycles. The van der Waals surface area contributed by atoms with Crippen LogP contribution in [0, 0.1) is 16.2 Å². The van der Waals surface area contributed by atoms with Crippen molar-refractivity contribution >= 4 is 29.2 Å². The first-order chi connectivity index (χ1) is 11.1. The van der Waals surface area contributed by atoms with Gasteiger partial charge >= 0.3 is 0 Å². The van der Waals surface area contributed by atoms with Crippen molar-refractivity contribution in [2.24, 2.45) is 10.8 Å². The van der Waals surface area contributed by atoms with Crippen LogP contribution in [0.15, 0.2) is 48.5 Å². The Bertz CT molecular complexity index is 505. The summed E-state index contributed by atoms with van der Waals surface area (Å²) in [4.78, 5) is 0. The molecule has 24 heavy (non-hydrogen) atoms. The van der Waals surface area contributed by atoms with E-state index in [1.165, 1.54) is 6.21 Å². The smallest absolute Gasteiger partial charge is 0.153 e. The van der Waals surface area contributed by atoms with E-state index < -0.39 is 0 Å². The maximum Gasteiger partial charge on any atom is 0.153 e. The van der Waals surface area contributed by atoms with Gasteiger partial charge in [-0.2, -0.15) is 0 Å². The van der Waals surface area contributed by atoms with Crippen molar-refractivity contribution in [2.45, 2.75) is 34.1 Å². The highest BCUT2D eigenvalue weighted by Crippen LogP contribution is 2.35. The van der Waals surface area contributed by atoms with Crippen molar-refractivity contribution in [1.82, 2.24) is 0 Å². The minimum absolute atomic E-state index is 0.0189. The van der Waals surface area contributed by atoms with E-state index >= 15 is 0 Å². The third kappa shape index (κ3) is 9.93. The molecule has 1 N–H and O–H groups in total. The second-order valence-electron chi connectivity index (χ2n) is 7.33. The SMILES string of the molecule is C=C(C=N)C(=C)/C=C\C(=C\OC)OCC(C)(C)CC(C)(C)COI. The highest BCUT2D eigenvalue weighted by atomic mass is 127. The molecule has 4 nitrogen and oxygen atoms in total. The van der Waals surface area contributed by atoms with E-state index in [0.717, 1.165) is 6.42 Å². The summed E-state index contributed by atoms with van der Waals surface area (Å²) in [6.07, 6.45) is 7.22. The van der Waals surface area contributed by atoms with Gasteiger partial charge in [0.15, 0.2) is 5.76 Å². The zero-order valence-electron chi connectivity index (χ0n) is 15.4. The van der Waals surface area contributed by atoms with Crippen LogP contribution >= 0.6 is 23.0 Å². The molecule has 0 aromatic carbocycles. The Morgan fingerprint density at radius 3 is 2.12 bits per heavy atom. The van der Waals surface area contributed by atoms with Crippen molar-refractivity contribution in [3.8, 4) is 0 Å². The molecular formula is C19H30INO3. The Balaban J connectivity index is 4.83. The molecular weight excluding hydrogens is 417 g/mol. The number of hydrogen-bond acceptors (Lipinski definition) is 4. The molecule has 0 aromatic heterocycles. The number of ether oxygens (including phenoxy) is 2. The van der Waals surface area contributed by atoms with Crippen LogP contribution in [-0.2, 0) is 12.5 Å². The van der Waals surface area contributed by atoms with Crippen molar-refractivity contribution in [3.63, 3.8) is 0 Å². The van der Waals surface area contributed by atoms with Crippen LogP contribution < -0.4 is 0 Å². The number of methoxy groups -OCH3 is 1. The quantitative estimate of drug-likeness (QED) is 0.183. The highest BCUT2D eigenvalue weighted by Gasteiger charge is 2.30. The maximum absolute atomic E-state index is 7.19. The van der Waals surface area contributed by atoms with Gasteiger partial charge in [0.05, 0.1) is 20.3 Å². The fraction of sp³-hybridized carbons (Fsp3) is 0.526. The second kappa shape index (κ2) is 10.7. The molecule has 136 valence electrons. The molecule has 5 heteroatoms. The third-order valence-corrected chi connectivity index (χ3v) is 3.61. The van der Waals surface area contributed by atoms with Gasteiger partial charge in [-0.1, -0.05) is 46.9 Å². The van der Waals surface area contributed by atoms with Gasteiger partial charge in [0.25, 0.3) is 0 Å². The maximum atomic E-state index is 7.19. The lowest BCUT2D eigenvalue weighted by molar-refractivity contribution is 0.0635. The first-order valence-corrected chi connectivity index (χ1v) is 8.61. The second-order valence-corrected chi connectivity index (χ2v) is 7.95.